The Hall–Kier alpha value is -2.76. The van der Waals surface area contributed by atoms with Gasteiger partial charge in [0.25, 0.3) is 5.91 Å². The SMILES string of the molecule is C=NC=C(C=C(C)C(C)=O)C(=O)Nc1ccc(F)cc1NC1CC1. The molecule has 0 bridgehead atoms. The van der Waals surface area contributed by atoms with Gasteiger partial charge in [0.15, 0.2) is 5.78 Å². The van der Waals surface area contributed by atoms with Crippen molar-refractivity contribution in [2.75, 3.05) is 10.6 Å². The average molecular weight is 329 g/mol. The predicted molar refractivity (Wildman–Crippen MR) is 93.7 cm³/mol. The van der Waals surface area contributed by atoms with Crippen LogP contribution < -0.4 is 10.6 Å². The second kappa shape index (κ2) is 7.68. The first-order chi connectivity index (χ1) is 11.4. The van der Waals surface area contributed by atoms with Crippen molar-refractivity contribution in [1.82, 2.24) is 0 Å². The molecule has 1 aliphatic carbocycles. The lowest BCUT2D eigenvalue weighted by atomic mass is 10.1. The van der Waals surface area contributed by atoms with E-state index in [1.807, 2.05) is 0 Å². The summed E-state index contributed by atoms with van der Waals surface area (Å²) in [7, 11) is 0. The molecule has 0 saturated heterocycles. The van der Waals surface area contributed by atoms with Crippen molar-refractivity contribution in [3.05, 3.63) is 47.4 Å². The fraction of sp³-hybridized carbons (Fsp3) is 0.278. The largest absolute Gasteiger partial charge is 0.381 e. The first-order valence-electron chi connectivity index (χ1n) is 7.63. The van der Waals surface area contributed by atoms with E-state index in [4.69, 9.17) is 0 Å². The van der Waals surface area contributed by atoms with Gasteiger partial charge < -0.3 is 10.6 Å². The number of hydrogen-bond acceptors (Lipinski definition) is 4. The first kappa shape index (κ1) is 17.6. The van der Waals surface area contributed by atoms with Crippen LogP contribution in [-0.4, -0.2) is 24.4 Å². The third-order valence-electron chi connectivity index (χ3n) is 3.59. The molecule has 0 unspecified atom stereocenters. The second-order valence-electron chi connectivity index (χ2n) is 5.71. The predicted octanol–water partition coefficient (Wildman–Crippen LogP) is 3.46. The van der Waals surface area contributed by atoms with Gasteiger partial charge in [-0.1, -0.05) is 0 Å². The zero-order valence-corrected chi connectivity index (χ0v) is 13.7. The monoisotopic (exact) mass is 329 g/mol. The van der Waals surface area contributed by atoms with E-state index in [0.29, 0.717) is 23.0 Å². The molecule has 1 saturated carbocycles. The second-order valence-corrected chi connectivity index (χ2v) is 5.71. The van der Waals surface area contributed by atoms with Crippen molar-refractivity contribution >= 4 is 29.8 Å². The summed E-state index contributed by atoms with van der Waals surface area (Å²) in [5.41, 5.74) is 1.62. The summed E-state index contributed by atoms with van der Waals surface area (Å²) in [6.45, 7) is 6.37. The Labute approximate surface area is 140 Å². The van der Waals surface area contributed by atoms with Crippen LogP contribution >= 0.6 is 0 Å². The lowest BCUT2D eigenvalue weighted by molar-refractivity contribution is -0.113. The van der Waals surface area contributed by atoms with E-state index in [1.165, 1.54) is 37.4 Å². The maximum absolute atomic E-state index is 13.5. The number of rotatable bonds is 7. The van der Waals surface area contributed by atoms with Crippen molar-refractivity contribution < 1.29 is 14.0 Å². The molecule has 126 valence electrons. The molecule has 1 amide bonds. The van der Waals surface area contributed by atoms with E-state index in [9.17, 15) is 14.0 Å². The van der Waals surface area contributed by atoms with Crippen LogP contribution in [0.4, 0.5) is 15.8 Å². The number of allylic oxidation sites excluding steroid dienone is 1. The summed E-state index contributed by atoms with van der Waals surface area (Å²) in [6.07, 6.45) is 4.77. The van der Waals surface area contributed by atoms with E-state index in [0.717, 1.165) is 12.8 Å². The number of carbonyl (C=O) groups excluding carboxylic acids is 2. The number of halogens is 1. The fourth-order valence-electron chi connectivity index (χ4n) is 1.98. The molecule has 0 aliphatic heterocycles. The van der Waals surface area contributed by atoms with Crippen LogP contribution in [0.25, 0.3) is 0 Å². The number of Topliss-reactive ketones (excluding diaryl/α,β-unsaturated/α-hetero) is 1. The van der Waals surface area contributed by atoms with E-state index in [-0.39, 0.29) is 17.2 Å². The van der Waals surface area contributed by atoms with Gasteiger partial charge in [0.1, 0.15) is 5.82 Å². The number of aliphatic imine (C=N–C) groups is 1. The molecule has 1 aromatic carbocycles. The molecule has 2 N–H and O–H groups in total. The molecule has 0 atom stereocenters. The van der Waals surface area contributed by atoms with E-state index < -0.39 is 5.91 Å². The third-order valence-corrected chi connectivity index (χ3v) is 3.59. The maximum Gasteiger partial charge on any atom is 0.257 e. The Bertz CT molecular complexity index is 734. The number of hydrogen-bond donors (Lipinski definition) is 2. The molecule has 2 rings (SSSR count). The molecule has 0 heterocycles. The number of amides is 1. The quantitative estimate of drug-likeness (QED) is 0.457. The summed E-state index contributed by atoms with van der Waals surface area (Å²) >= 11 is 0. The van der Waals surface area contributed by atoms with Gasteiger partial charge in [-0.25, -0.2) is 4.39 Å². The topological polar surface area (TPSA) is 70.6 Å². The molecule has 1 aliphatic rings. The van der Waals surface area contributed by atoms with Gasteiger partial charge >= 0.3 is 0 Å². The number of ketones is 1. The first-order valence-corrected chi connectivity index (χ1v) is 7.63. The van der Waals surface area contributed by atoms with Crippen molar-refractivity contribution in [1.29, 1.82) is 0 Å². The Morgan fingerprint density at radius 1 is 1.29 bits per heavy atom. The Kier molecular flexibility index (Phi) is 5.63. The zero-order valence-electron chi connectivity index (χ0n) is 13.7. The minimum absolute atomic E-state index is 0.143. The van der Waals surface area contributed by atoms with Gasteiger partial charge in [0.05, 0.1) is 16.9 Å². The van der Waals surface area contributed by atoms with Crippen LogP contribution in [0.2, 0.25) is 0 Å². The highest BCUT2D eigenvalue weighted by Crippen LogP contribution is 2.30. The lowest BCUT2D eigenvalue weighted by Crippen LogP contribution is -2.16. The van der Waals surface area contributed by atoms with Crippen molar-refractivity contribution in [2.24, 2.45) is 4.99 Å². The summed E-state index contributed by atoms with van der Waals surface area (Å²) in [6, 6.07) is 4.43. The minimum Gasteiger partial charge on any atom is -0.381 e. The minimum atomic E-state index is -0.451. The van der Waals surface area contributed by atoms with Gasteiger partial charge in [-0.3, -0.25) is 14.6 Å². The van der Waals surface area contributed by atoms with Crippen molar-refractivity contribution in [3.63, 3.8) is 0 Å². The average Bonchev–Trinajstić information content (AvgIpc) is 3.33. The Morgan fingerprint density at radius 3 is 2.58 bits per heavy atom. The lowest BCUT2D eigenvalue weighted by Gasteiger charge is -2.13. The van der Waals surface area contributed by atoms with Crippen LogP contribution in [0, 0.1) is 5.82 Å². The van der Waals surface area contributed by atoms with Gasteiger partial charge in [-0.05, 0) is 63.3 Å². The molecular weight excluding hydrogens is 309 g/mol. The molecular formula is C18H20FN3O2. The highest BCUT2D eigenvalue weighted by atomic mass is 19.1. The number of nitrogens with zero attached hydrogens (tertiary/aromatic N) is 1. The van der Waals surface area contributed by atoms with Crippen LogP contribution in [0.1, 0.15) is 26.7 Å². The van der Waals surface area contributed by atoms with Crippen LogP contribution in [0.5, 0.6) is 0 Å². The molecule has 0 aromatic heterocycles. The van der Waals surface area contributed by atoms with Gasteiger partial charge in [0.2, 0.25) is 0 Å². The van der Waals surface area contributed by atoms with E-state index >= 15 is 0 Å². The highest BCUT2D eigenvalue weighted by Gasteiger charge is 2.22. The van der Waals surface area contributed by atoms with E-state index in [1.54, 1.807) is 6.92 Å². The van der Waals surface area contributed by atoms with Crippen molar-refractivity contribution in [2.45, 2.75) is 32.7 Å². The molecule has 1 aromatic rings. The molecule has 0 radical (unpaired) electrons. The summed E-state index contributed by atoms with van der Waals surface area (Å²) in [4.78, 5) is 27.4. The van der Waals surface area contributed by atoms with Crippen molar-refractivity contribution in [3.8, 4) is 0 Å². The number of carbonyl (C=O) groups is 2. The normalized spacial score (nSPS) is 15.0. The van der Waals surface area contributed by atoms with Crippen LogP contribution in [-0.2, 0) is 9.59 Å². The van der Waals surface area contributed by atoms with Crippen LogP contribution in [0.15, 0.2) is 46.6 Å². The maximum atomic E-state index is 13.5. The van der Waals surface area contributed by atoms with Crippen LogP contribution in [0.3, 0.4) is 0 Å². The number of anilines is 2. The highest BCUT2D eigenvalue weighted by molar-refractivity contribution is 6.08. The van der Waals surface area contributed by atoms with Gasteiger partial charge in [-0.15, -0.1) is 0 Å². The Morgan fingerprint density at radius 2 is 2.00 bits per heavy atom. The van der Waals surface area contributed by atoms with Gasteiger partial charge in [-0.2, -0.15) is 0 Å². The number of benzene rings is 1. The molecule has 0 spiro atoms. The fourth-order valence-corrected chi connectivity index (χ4v) is 1.98. The number of nitrogens with one attached hydrogen (secondary N) is 2. The summed E-state index contributed by atoms with van der Waals surface area (Å²) in [5.74, 6) is -0.976. The molecule has 24 heavy (non-hydrogen) atoms. The van der Waals surface area contributed by atoms with E-state index in [2.05, 4.69) is 22.3 Å². The van der Waals surface area contributed by atoms with Gasteiger partial charge in [0, 0.05) is 12.2 Å². The Balaban J connectivity index is 2.23. The summed E-state index contributed by atoms with van der Waals surface area (Å²) in [5, 5.41) is 5.90. The molecule has 5 nitrogen and oxygen atoms in total. The standard InChI is InChI=1S/C18H20FN3O2/c1-11(12(2)23)8-13(10-20-3)18(24)22-16-7-4-14(19)9-17(16)21-15-5-6-15/h4,7-10,15,21H,3,5-6H2,1-2H3,(H,22,24). The molecule has 6 heteroatoms. The smallest absolute Gasteiger partial charge is 0.257 e. The molecule has 1 fully saturated rings. The summed E-state index contributed by atoms with van der Waals surface area (Å²) < 4.78 is 13.5. The zero-order chi connectivity index (χ0) is 17.7. The third kappa shape index (κ3) is 4.87.